The van der Waals surface area contributed by atoms with Crippen molar-refractivity contribution in [2.75, 3.05) is 11.4 Å². The Bertz CT molecular complexity index is 1030. The number of aromatic nitrogens is 1. The van der Waals surface area contributed by atoms with E-state index in [0.717, 1.165) is 30.6 Å². The second kappa shape index (κ2) is 7.45. The summed E-state index contributed by atoms with van der Waals surface area (Å²) >= 11 is 0. The molecule has 1 saturated heterocycles. The molecule has 30 heavy (non-hydrogen) atoms. The summed E-state index contributed by atoms with van der Waals surface area (Å²) in [6.45, 7) is 4.97. The quantitative estimate of drug-likeness (QED) is 0.712. The van der Waals surface area contributed by atoms with Crippen LogP contribution >= 0.6 is 0 Å². The van der Waals surface area contributed by atoms with Gasteiger partial charge in [-0.15, -0.1) is 0 Å². The Kier molecular flexibility index (Phi) is 5.08. The van der Waals surface area contributed by atoms with Crippen molar-refractivity contribution in [1.82, 2.24) is 15.6 Å². The van der Waals surface area contributed by atoms with Gasteiger partial charge in [0.25, 0.3) is 0 Å². The zero-order chi connectivity index (χ0) is 21.5. The van der Waals surface area contributed by atoms with Gasteiger partial charge in [0, 0.05) is 41.4 Å². The molecule has 9 heteroatoms. The van der Waals surface area contributed by atoms with Crippen LogP contribution in [-0.2, 0) is 0 Å². The van der Waals surface area contributed by atoms with Gasteiger partial charge >= 0.3 is 6.18 Å². The van der Waals surface area contributed by atoms with Crippen molar-refractivity contribution in [3.8, 4) is 6.07 Å². The Morgan fingerprint density at radius 3 is 2.77 bits per heavy atom. The lowest BCUT2D eigenvalue weighted by atomic mass is 9.91. The fourth-order valence-electron chi connectivity index (χ4n) is 3.75. The molecule has 6 nitrogen and oxygen atoms in total. The minimum Gasteiger partial charge on any atom is -0.341 e. The van der Waals surface area contributed by atoms with Crippen LogP contribution in [0.2, 0.25) is 0 Å². The lowest BCUT2D eigenvalue weighted by molar-refractivity contribution is -0.0860. The zero-order valence-electron chi connectivity index (χ0n) is 16.7. The normalized spacial score (nSPS) is 24.0. The topological polar surface area (TPSA) is 79.2 Å². The average molecular weight is 416 g/mol. The van der Waals surface area contributed by atoms with Gasteiger partial charge in [0.05, 0.1) is 17.2 Å². The smallest absolute Gasteiger partial charge is 0.341 e. The molecule has 2 aromatic rings. The molecule has 0 aliphatic carbocycles. The summed E-state index contributed by atoms with van der Waals surface area (Å²) in [4.78, 5) is 8.76. The zero-order valence-corrected chi connectivity index (χ0v) is 16.7. The number of hydrogen-bond donors (Lipinski definition) is 3. The van der Waals surface area contributed by atoms with E-state index in [-0.39, 0.29) is 11.6 Å². The van der Waals surface area contributed by atoms with Crippen LogP contribution in [0.5, 0.6) is 0 Å². The summed E-state index contributed by atoms with van der Waals surface area (Å²) in [5.41, 5.74) is 0.386. The third kappa shape index (κ3) is 4.20. The van der Waals surface area contributed by atoms with Crippen LogP contribution in [0.1, 0.15) is 32.3 Å². The number of allylic oxidation sites excluding steroid dienone is 1. The number of alkyl halides is 3. The largest absolute Gasteiger partial charge is 0.419 e. The second-order valence-electron chi connectivity index (χ2n) is 8.38. The van der Waals surface area contributed by atoms with E-state index in [2.05, 4.69) is 40.5 Å². The number of aromatic amines is 1. The lowest BCUT2D eigenvalue weighted by Gasteiger charge is -2.39. The van der Waals surface area contributed by atoms with Crippen molar-refractivity contribution in [2.24, 2.45) is 4.99 Å². The van der Waals surface area contributed by atoms with Gasteiger partial charge in [0.1, 0.15) is 5.82 Å². The first-order valence-electron chi connectivity index (χ1n) is 9.79. The highest BCUT2D eigenvalue weighted by Gasteiger charge is 2.37. The van der Waals surface area contributed by atoms with Crippen molar-refractivity contribution < 1.29 is 13.2 Å². The number of nitriles is 1. The van der Waals surface area contributed by atoms with Crippen molar-refractivity contribution in [3.63, 3.8) is 0 Å². The molecule has 4 rings (SSSR count). The number of aliphatic imine (C=N–C) groups is 1. The minimum absolute atomic E-state index is 0.0483. The lowest BCUT2D eigenvalue weighted by Crippen LogP contribution is -2.57. The van der Waals surface area contributed by atoms with Crippen LogP contribution in [0, 0.1) is 11.3 Å². The van der Waals surface area contributed by atoms with Gasteiger partial charge in [-0.2, -0.15) is 18.4 Å². The van der Waals surface area contributed by atoms with E-state index in [9.17, 15) is 13.2 Å². The molecular formula is C21H23F3N6. The van der Waals surface area contributed by atoms with Crippen molar-refractivity contribution in [3.05, 3.63) is 41.6 Å². The van der Waals surface area contributed by atoms with Crippen LogP contribution in [0.15, 0.2) is 41.0 Å². The highest BCUT2D eigenvalue weighted by atomic mass is 19.4. The Hall–Kier alpha value is -2.83. The maximum absolute atomic E-state index is 13.3. The van der Waals surface area contributed by atoms with Gasteiger partial charge < -0.3 is 10.3 Å². The number of nitrogens with one attached hydrogen (secondary N) is 3. The van der Waals surface area contributed by atoms with Crippen molar-refractivity contribution in [1.29, 1.82) is 5.26 Å². The SMILES string of the molecule is CC1(C)CCC(NC2N=CC(C(F)(F)F)=CN2c2cc3ccc(C#N)cc3[nH]2)CN1. The van der Waals surface area contributed by atoms with Crippen LogP contribution in [-0.4, -0.2) is 41.8 Å². The highest BCUT2D eigenvalue weighted by molar-refractivity contribution is 5.87. The predicted molar refractivity (Wildman–Crippen MR) is 110 cm³/mol. The molecule has 158 valence electrons. The number of benzene rings is 1. The molecule has 0 radical (unpaired) electrons. The molecule has 0 spiro atoms. The van der Waals surface area contributed by atoms with E-state index >= 15 is 0 Å². The molecule has 2 unspecified atom stereocenters. The van der Waals surface area contributed by atoms with E-state index in [4.69, 9.17) is 5.26 Å². The molecule has 2 aliphatic heterocycles. The first kappa shape index (κ1) is 20.4. The predicted octanol–water partition coefficient (Wildman–Crippen LogP) is 3.78. The van der Waals surface area contributed by atoms with Gasteiger partial charge in [0.15, 0.2) is 6.29 Å². The van der Waals surface area contributed by atoms with E-state index in [1.54, 1.807) is 24.3 Å². The number of fused-ring (bicyclic) bond motifs is 1. The van der Waals surface area contributed by atoms with Crippen LogP contribution in [0.4, 0.5) is 19.0 Å². The number of piperidine rings is 1. The molecule has 0 saturated carbocycles. The molecule has 1 aromatic carbocycles. The monoisotopic (exact) mass is 416 g/mol. The third-order valence-corrected chi connectivity index (χ3v) is 5.57. The Morgan fingerprint density at radius 2 is 2.10 bits per heavy atom. The van der Waals surface area contributed by atoms with Gasteiger partial charge in [-0.05, 0) is 44.9 Å². The number of rotatable bonds is 3. The van der Waals surface area contributed by atoms with Gasteiger partial charge in [-0.3, -0.25) is 15.2 Å². The second-order valence-corrected chi connectivity index (χ2v) is 8.38. The van der Waals surface area contributed by atoms with Crippen LogP contribution in [0.3, 0.4) is 0 Å². The molecule has 1 aromatic heterocycles. The van der Waals surface area contributed by atoms with E-state index < -0.39 is 18.0 Å². The molecule has 0 amide bonds. The van der Waals surface area contributed by atoms with Crippen molar-refractivity contribution >= 4 is 22.9 Å². The third-order valence-electron chi connectivity index (χ3n) is 5.57. The molecule has 3 heterocycles. The summed E-state index contributed by atoms with van der Waals surface area (Å²) in [6.07, 6.45) is -1.37. The molecular weight excluding hydrogens is 393 g/mol. The van der Waals surface area contributed by atoms with Gasteiger partial charge in [0.2, 0.25) is 0 Å². The van der Waals surface area contributed by atoms with E-state index in [1.165, 1.54) is 4.90 Å². The number of hydrogen-bond acceptors (Lipinski definition) is 5. The maximum atomic E-state index is 13.3. The number of anilines is 1. The summed E-state index contributed by atoms with van der Waals surface area (Å²) in [7, 11) is 0. The number of halogens is 3. The Labute approximate surface area is 172 Å². The van der Waals surface area contributed by atoms with Crippen LogP contribution in [0.25, 0.3) is 10.9 Å². The summed E-state index contributed by atoms with van der Waals surface area (Å²) < 4.78 is 40.0. The number of nitrogens with zero attached hydrogens (tertiary/aromatic N) is 3. The first-order valence-corrected chi connectivity index (χ1v) is 9.79. The highest BCUT2D eigenvalue weighted by Crippen LogP contribution is 2.31. The summed E-state index contributed by atoms with van der Waals surface area (Å²) in [5.74, 6) is 0.472. The molecule has 1 fully saturated rings. The molecule has 2 atom stereocenters. The van der Waals surface area contributed by atoms with Gasteiger partial charge in [-0.25, -0.2) is 0 Å². The van der Waals surface area contributed by atoms with E-state index in [1.807, 2.05) is 0 Å². The summed E-state index contributed by atoms with van der Waals surface area (Å²) in [5, 5.41) is 16.7. The van der Waals surface area contributed by atoms with Gasteiger partial charge in [-0.1, -0.05) is 6.07 Å². The molecule has 3 N–H and O–H groups in total. The van der Waals surface area contributed by atoms with Crippen molar-refractivity contribution in [2.45, 2.75) is 50.7 Å². The Balaban J connectivity index is 1.64. The van der Waals surface area contributed by atoms with E-state index in [0.29, 0.717) is 23.4 Å². The maximum Gasteiger partial charge on any atom is 0.419 e. The molecule has 2 aliphatic rings. The first-order chi connectivity index (χ1) is 14.1. The fraction of sp³-hybridized carbons (Fsp3) is 0.429. The molecule has 0 bridgehead atoms. The Morgan fingerprint density at radius 1 is 1.30 bits per heavy atom. The van der Waals surface area contributed by atoms with Crippen LogP contribution < -0.4 is 15.5 Å². The fourth-order valence-corrected chi connectivity index (χ4v) is 3.75. The standard InChI is InChI=1S/C21H23F3N6/c1-20(2)6-5-16(11-27-20)28-19-26-10-15(21(22,23)24)12-30(19)18-8-14-4-3-13(9-25)7-17(14)29-18/h3-4,7-8,10,12,16,19,27-29H,5-6,11H2,1-2H3. The average Bonchev–Trinajstić information content (AvgIpc) is 3.12. The number of H-pyrrole nitrogens is 1. The summed E-state index contributed by atoms with van der Waals surface area (Å²) in [6, 6.07) is 9.03. The minimum atomic E-state index is -4.50.